The van der Waals surface area contributed by atoms with Crippen LogP contribution < -0.4 is 14.8 Å². The predicted octanol–water partition coefficient (Wildman–Crippen LogP) is 2.14. The number of methoxy groups -OCH3 is 3. The summed E-state index contributed by atoms with van der Waals surface area (Å²) in [6, 6.07) is 6.01. The first-order valence-electron chi connectivity index (χ1n) is 7.93. The number of carbonyl (C=O) groups is 1. The van der Waals surface area contributed by atoms with E-state index in [0.717, 1.165) is 31.6 Å². The number of hydrogen-bond acceptors (Lipinski definition) is 5. The molecule has 23 heavy (non-hydrogen) atoms. The molecule has 1 heterocycles. The molecule has 0 bridgehead atoms. The molecule has 1 unspecified atom stereocenters. The van der Waals surface area contributed by atoms with Crippen molar-refractivity contribution in [3.63, 3.8) is 0 Å². The molecule has 128 valence electrons. The van der Waals surface area contributed by atoms with Crippen molar-refractivity contribution in [2.75, 3.05) is 46.3 Å². The second-order valence-electron chi connectivity index (χ2n) is 5.64. The second-order valence-corrected chi connectivity index (χ2v) is 5.64. The maximum Gasteiger partial charge on any atom is 0.224 e. The Balaban J connectivity index is 1.95. The Hall–Kier alpha value is -1.95. The van der Waals surface area contributed by atoms with Crippen LogP contribution in [0.15, 0.2) is 18.2 Å². The van der Waals surface area contributed by atoms with Crippen LogP contribution in [0.3, 0.4) is 0 Å². The summed E-state index contributed by atoms with van der Waals surface area (Å²) >= 11 is 0. The number of benzene rings is 1. The van der Waals surface area contributed by atoms with E-state index in [-0.39, 0.29) is 11.9 Å². The number of nitrogens with zero attached hydrogens (tertiary/aromatic N) is 1. The van der Waals surface area contributed by atoms with Crippen molar-refractivity contribution < 1.29 is 19.0 Å². The van der Waals surface area contributed by atoms with Gasteiger partial charge in [-0.2, -0.15) is 0 Å². The Kier molecular flexibility index (Phi) is 6.52. The van der Waals surface area contributed by atoms with Crippen molar-refractivity contribution in [3.8, 4) is 11.5 Å². The highest BCUT2D eigenvalue weighted by molar-refractivity contribution is 5.76. The summed E-state index contributed by atoms with van der Waals surface area (Å²) in [7, 11) is 4.86. The van der Waals surface area contributed by atoms with Crippen LogP contribution in [-0.4, -0.2) is 57.9 Å². The molecule has 2 rings (SSSR count). The quantitative estimate of drug-likeness (QED) is 0.833. The van der Waals surface area contributed by atoms with Crippen molar-refractivity contribution >= 4 is 11.6 Å². The molecule has 0 aromatic heterocycles. The lowest BCUT2D eigenvalue weighted by Crippen LogP contribution is -2.45. The molecule has 1 aliphatic heterocycles. The maximum absolute atomic E-state index is 12.1. The largest absolute Gasteiger partial charge is 0.493 e. The zero-order valence-corrected chi connectivity index (χ0v) is 14.1. The van der Waals surface area contributed by atoms with Crippen molar-refractivity contribution in [1.29, 1.82) is 0 Å². The molecule has 6 nitrogen and oxygen atoms in total. The average Bonchev–Trinajstić information content (AvgIpc) is 2.59. The number of anilines is 1. The fourth-order valence-electron chi connectivity index (χ4n) is 2.83. The third-order valence-corrected chi connectivity index (χ3v) is 4.05. The number of nitrogens with one attached hydrogen (secondary N) is 1. The number of ether oxygens (including phenoxy) is 3. The van der Waals surface area contributed by atoms with Gasteiger partial charge < -0.3 is 24.4 Å². The minimum Gasteiger partial charge on any atom is -0.493 e. The van der Waals surface area contributed by atoms with E-state index in [4.69, 9.17) is 14.2 Å². The molecule has 1 fully saturated rings. The van der Waals surface area contributed by atoms with Gasteiger partial charge in [-0.3, -0.25) is 4.79 Å². The van der Waals surface area contributed by atoms with Crippen LogP contribution in [0.2, 0.25) is 0 Å². The Morgan fingerprint density at radius 3 is 2.74 bits per heavy atom. The molecule has 6 heteroatoms. The normalized spacial score (nSPS) is 17.7. The first-order valence-corrected chi connectivity index (χ1v) is 7.93. The highest BCUT2D eigenvalue weighted by Gasteiger charge is 2.23. The Bertz CT molecular complexity index is 521. The highest BCUT2D eigenvalue weighted by Crippen LogP contribution is 2.30. The van der Waals surface area contributed by atoms with Crippen molar-refractivity contribution in [2.24, 2.45) is 0 Å². The fourth-order valence-corrected chi connectivity index (χ4v) is 2.83. The molecule has 1 aliphatic rings. The molecule has 1 atom stereocenters. The lowest BCUT2D eigenvalue weighted by molar-refractivity contribution is -0.133. The van der Waals surface area contributed by atoms with Crippen LogP contribution in [0.5, 0.6) is 11.5 Å². The van der Waals surface area contributed by atoms with Crippen molar-refractivity contribution in [1.82, 2.24) is 4.90 Å². The topological polar surface area (TPSA) is 60.0 Å². The van der Waals surface area contributed by atoms with Gasteiger partial charge in [-0.25, -0.2) is 0 Å². The van der Waals surface area contributed by atoms with E-state index in [1.165, 1.54) is 0 Å². The zero-order chi connectivity index (χ0) is 16.7. The van der Waals surface area contributed by atoms with Crippen LogP contribution in [0.1, 0.15) is 19.3 Å². The molecule has 1 aromatic rings. The van der Waals surface area contributed by atoms with Crippen LogP contribution in [0, 0.1) is 0 Å². The number of amides is 1. The summed E-state index contributed by atoms with van der Waals surface area (Å²) in [6.07, 6.45) is 2.49. The van der Waals surface area contributed by atoms with E-state index in [9.17, 15) is 4.79 Å². The summed E-state index contributed by atoms with van der Waals surface area (Å²) in [6.45, 7) is 2.02. The molecule has 0 aliphatic carbocycles. The number of rotatable bonds is 7. The third-order valence-electron chi connectivity index (χ3n) is 4.05. The second kappa shape index (κ2) is 8.62. The first-order chi connectivity index (χ1) is 11.2. The molecular formula is C17H26N2O4. The molecule has 0 saturated carbocycles. The Morgan fingerprint density at radius 2 is 2.04 bits per heavy atom. The smallest absolute Gasteiger partial charge is 0.224 e. The summed E-state index contributed by atoms with van der Waals surface area (Å²) in [5.74, 6) is 1.56. The Morgan fingerprint density at radius 1 is 1.26 bits per heavy atom. The SMILES string of the molecule is COCCC(=O)N1CCCC(Nc2ccc(OC)c(OC)c2)C1. The Labute approximate surface area is 137 Å². The van der Waals surface area contributed by atoms with Gasteiger partial charge in [0.25, 0.3) is 0 Å². The summed E-state index contributed by atoms with van der Waals surface area (Å²) in [5, 5.41) is 3.49. The van der Waals surface area contributed by atoms with E-state index >= 15 is 0 Å². The molecule has 1 saturated heterocycles. The lowest BCUT2D eigenvalue weighted by atomic mass is 10.0. The minimum atomic E-state index is 0.158. The van der Waals surface area contributed by atoms with E-state index in [1.54, 1.807) is 21.3 Å². The van der Waals surface area contributed by atoms with Crippen LogP contribution in [0.25, 0.3) is 0 Å². The lowest BCUT2D eigenvalue weighted by Gasteiger charge is -2.34. The molecular weight excluding hydrogens is 296 g/mol. The van der Waals surface area contributed by atoms with E-state index in [1.807, 2.05) is 23.1 Å². The molecule has 1 amide bonds. The molecule has 1 N–H and O–H groups in total. The number of carbonyl (C=O) groups excluding carboxylic acids is 1. The van der Waals surface area contributed by atoms with E-state index in [0.29, 0.717) is 24.5 Å². The van der Waals surface area contributed by atoms with Gasteiger partial charge in [0, 0.05) is 38.0 Å². The fraction of sp³-hybridized carbons (Fsp3) is 0.588. The summed E-state index contributed by atoms with van der Waals surface area (Å²) < 4.78 is 15.6. The van der Waals surface area contributed by atoms with Gasteiger partial charge in [0.2, 0.25) is 5.91 Å². The summed E-state index contributed by atoms with van der Waals surface area (Å²) in [4.78, 5) is 14.0. The minimum absolute atomic E-state index is 0.158. The average molecular weight is 322 g/mol. The number of piperidine rings is 1. The predicted molar refractivity (Wildman–Crippen MR) is 89.3 cm³/mol. The number of hydrogen-bond donors (Lipinski definition) is 1. The third kappa shape index (κ3) is 4.76. The zero-order valence-electron chi connectivity index (χ0n) is 14.1. The van der Waals surface area contributed by atoms with Crippen LogP contribution >= 0.6 is 0 Å². The van der Waals surface area contributed by atoms with Crippen molar-refractivity contribution in [2.45, 2.75) is 25.3 Å². The van der Waals surface area contributed by atoms with Gasteiger partial charge in [0.1, 0.15) is 0 Å². The molecule has 1 aromatic carbocycles. The van der Waals surface area contributed by atoms with E-state index < -0.39 is 0 Å². The monoisotopic (exact) mass is 322 g/mol. The maximum atomic E-state index is 12.1. The van der Waals surface area contributed by atoms with Gasteiger partial charge in [-0.05, 0) is 25.0 Å². The van der Waals surface area contributed by atoms with Gasteiger partial charge in [0.15, 0.2) is 11.5 Å². The highest BCUT2D eigenvalue weighted by atomic mass is 16.5. The van der Waals surface area contributed by atoms with Crippen LogP contribution in [-0.2, 0) is 9.53 Å². The van der Waals surface area contributed by atoms with Crippen LogP contribution in [0.4, 0.5) is 5.69 Å². The van der Waals surface area contributed by atoms with Gasteiger partial charge in [0.05, 0.1) is 27.2 Å². The van der Waals surface area contributed by atoms with Gasteiger partial charge >= 0.3 is 0 Å². The molecule has 0 spiro atoms. The van der Waals surface area contributed by atoms with Crippen molar-refractivity contribution in [3.05, 3.63) is 18.2 Å². The van der Waals surface area contributed by atoms with Gasteiger partial charge in [-0.15, -0.1) is 0 Å². The number of likely N-dealkylation sites (tertiary alicyclic amines) is 1. The molecule has 0 radical (unpaired) electrons. The first kappa shape index (κ1) is 17.4. The standard InChI is InChI=1S/C17H26N2O4/c1-21-10-8-17(20)19-9-4-5-14(12-19)18-13-6-7-15(22-2)16(11-13)23-3/h6-7,11,14,18H,4-5,8-10,12H2,1-3H3. The van der Waals surface area contributed by atoms with E-state index in [2.05, 4.69) is 5.32 Å². The van der Waals surface area contributed by atoms with Gasteiger partial charge in [-0.1, -0.05) is 0 Å². The summed E-state index contributed by atoms with van der Waals surface area (Å²) in [5.41, 5.74) is 0.971.